The number of nitrogens with two attached hydrogens (primary N) is 1. The van der Waals surface area contributed by atoms with Crippen molar-refractivity contribution < 1.29 is 9.21 Å². The van der Waals surface area contributed by atoms with Gasteiger partial charge in [0, 0.05) is 12.6 Å². The topological polar surface area (TPSA) is 84.4 Å². The third-order valence-corrected chi connectivity index (χ3v) is 2.88. The Hall–Kier alpha value is -2.24. The van der Waals surface area contributed by atoms with E-state index in [1.165, 1.54) is 0 Å². The maximum absolute atomic E-state index is 11.8. The highest BCUT2D eigenvalue weighted by molar-refractivity contribution is 5.87. The molecule has 0 bridgehead atoms. The summed E-state index contributed by atoms with van der Waals surface area (Å²) in [7, 11) is 0. The Balaban J connectivity index is 2.21. The van der Waals surface area contributed by atoms with Crippen molar-refractivity contribution in [2.75, 3.05) is 23.7 Å². The number of hydrogen-bond acceptors (Lipinski definition) is 5. The Labute approximate surface area is 117 Å². The molecule has 0 aliphatic carbocycles. The first kappa shape index (κ1) is 14.2. The van der Waals surface area contributed by atoms with Crippen molar-refractivity contribution in [1.82, 2.24) is 10.3 Å². The van der Waals surface area contributed by atoms with E-state index in [0.717, 1.165) is 0 Å². The first-order chi connectivity index (χ1) is 9.51. The maximum Gasteiger partial charge on any atom is 0.298 e. The van der Waals surface area contributed by atoms with Gasteiger partial charge in [0.05, 0.1) is 5.69 Å². The van der Waals surface area contributed by atoms with Crippen LogP contribution < -0.4 is 16.0 Å². The van der Waals surface area contributed by atoms with Gasteiger partial charge in [0.15, 0.2) is 5.58 Å². The molecule has 1 heterocycles. The van der Waals surface area contributed by atoms with E-state index in [9.17, 15) is 4.79 Å². The van der Waals surface area contributed by atoms with Crippen molar-refractivity contribution in [2.45, 2.75) is 26.8 Å². The van der Waals surface area contributed by atoms with Gasteiger partial charge in [-0.05, 0) is 32.9 Å². The summed E-state index contributed by atoms with van der Waals surface area (Å²) in [6.07, 6.45) is 0. The normalized spacial score (nSPS) is 11.0. The predicted octanol–water partition coefficient (Wildman–Crippen LogP) is 1.76. The molecule has 6 nitrogen and oxygen atoms in total. The van der Waals surface area contributed by atoms with E-state index in [2.05, 4.69) is 10.3 Å². The third-order valence-electron chi connectivity index (χ3n) is 2.88. The molecule has 108 valence electrons. The van der Waals surface area contributed by atoms with Gasteiger partial charge in [-0.15, -0.1) is 0 Å². The summed E-state index contributed by atoms with van der Waals surface area (Å²) in [6, 6.07) is 5.93. The number of carbonyl (C=O) groups is 1. The number of hydrogen-bond donors (Lipinski definition) is 2. The number of fused-ring (bicyclic) bond motifs is 1. The molecule has 0 atom stereocenters. The lowest BCUT2D eigenvalue weighted by Gasteiger charge is -2.18. The highest BCUT2D eigenvalue weighted by atomic mass is 16.4. The molecule has 6 heteroatoms. The number of amides is 1. The number of likely N-dealkylation sites (N-methyl/N-ethyl adjacent to an activating group) is 1. The van der Waals surface area contributed by atoms with Gasteiger partial charge in [0.25, 0.3) is 6.01 Å². The van der Waals surface area contributed by atoms with E-state index in [0.29, 0.717) is 29.3 Å². The summed E-state index contributed by atoms with van der Waals surface area (Å²) in [4.78, 5) is 18.0. The molecule has 2 rings (SSSR count). The maximum atomic E-state index is 11.8. The number of nitrogens with zero attached hydrogens (tertiary/aromatic N) is 2. The number of benzene rings is 1. The van der Waals surface area contributed by atoms with Crippen LogP contribution in [0, 0.1) is 0 Å². The van der Waals surface area contributed by atoms with Gasteiger partial charge >= 0.3 is 0 Å². The number of anilines is 2. The van der Waals surface area contributed by atoms with Gasteiger partial charge in [0.1, 0.15) is 12.1 Å². The molecule has 0 unspecified atom stereocenters. The first-order valence-electron chi connectivity index (χ1n) is 6.70. The van der Waals surface area contributed by atoms with Crippen LogP contribution in [0.2, 0.25) is 0 Å². The Morgan fingerprint density at radius 3 is 2.85 bits per heavy atom. The molecule has 0 saturated carbocycles. The zero-order valence-electron chi connectivity index (χ0n) is 12.0. The van der Waals surface area contributed by atoms with Crippen LogP contribution in [0.25, 0.3) is 11.1 Å². The predicted molar refractivity (Wildman–Crippen MR) is 79.6 cm³/mol. The molecule has 0 radical (unpaired) electrons. The molecule has 0 fully saturated rings. The van der Waals surface area contributed by atoms with Crippen LogP contribution in [0.3, 0.4) is 0 Å². The standard InChI is InChI=1S/C14H20N4O2/c1-4-18(8-12(19)16-9(2)3)14-17-13-10(15)6-5-7-11(13)20-14/h5-7,9H,4,8,15H2,1-3H3,(H,16,19). The quantitative estimate of drug-likeness (QED) is 0.813. The summed E-state index contributed by atoms with van der Waals surface area (Å²) in [5, 5.41) is 2.85. The summed E-state index contributed by atoms with van der Waals surface area (Å²) in [6.45, 7) is 6.63. The Kier molecular flexibility index (Phi) is 4.12. The number of para-hydroxylation sites is 1. The fourth-order valence-electron chi connectivity index (χ4n) is 1.95. The number of oxazole rings is 1. The lowest BCUT2D eigenvalue weighted by Crippen LogP contribution is -2.40. The van der Waals surface area contributed by atoms with E-state index >= 15 is 0 Å². The summed E-state index contributed by atoms with van der Waals surface area (Å²) >= 11 is 0. The average molecular weight is 276 g/mol. The van der Waals surface area contributed by atoms with Crippen molar-refractivity contribution in [3.05, 3.63) is 18.2 Å². The van der Waals surface area contributed by atoms with Gasteiger partial charge in [0.2, 0.25) is 5.91 Å². The van der Waals surface area contributed by atoms with Crippen LogP contribution in [-0.4, -0.2) is 30.0 Å². The zero-order valence-corrected chi connectivity index (χ0v) is 12.0. The fraction of sp³-hybridized carbons (Fsp3) is 0.429. The molecule has 1 amide bonds. The van der Waals surface area contributed by atoms with Crippen LogP contribution in [0.15, 0.2) is 22.6 Å². The van der Waals surface area contributed by atoms with E-state index < -0.39 is 0 Å². The zero-order chi connectivity index (χ0) is 14.7. The molecule has 20 heavy (non-hydrogen) atoms. The number of rotatable bonds is 5. The summed E-state index contributed by atoms with van der Waals surface area (Å²) in [5.41, 5.74) is 7.68. The minimum absolute atomic E-state index is 0.0583. The second-order valence-corrected chi connectivity index (χ2v) is 4.93. The first-order valence-corrected chi connectivity index (χ1v) is 6.70. The molecule has 0 saturated heterocycles. The number of nitrogens with one attached hydrogen (secondary N) is 1. The molecule has 2 aromatic rings. The second kappa shape index (κ2) is 5.81. The van der Waals surface area contributed by atoms with Gasteiger partial charge < -0.3 is 20.4 Å². The van der Waals surface area contributed by atoms with Crippen molar-refractivity contribution in [3.63, 3.8) is 0 Å². The van der Waals surface area contributed by atoms with Crippen LogP contribution in [-0.2, 0) is 4.79 Å². The van der Waals surface area contributed by atoms with Crippen LogP contribution in [0.1, 0.15) is 20.8 Å². The van der Waals surface area contributed by atoms with Crippen LogP contribution in [0.5, 0.6) is 0 Å². The summed E-state index contributed by atoms with van der Waals surface area (Å²) < 4.78 is 5.66. The fourth-order valence-corrected chi connectivity index (χ4v) is 1.95. The largest absolute Gasteiger partial charge is 0.423 e. The Morgan fingerprint density at radius 2 is 2.25 bits per heavy atom. The van der Waals surface area contributed by atoms with E-state index in [4.69, 9.17) is 10.2 Å². The minimum Gasteiger partial charge on any atom is -0.423 e. The van der Waals surface area contributed by atoms with Crippen molar-refractivity contribution >= 4 is 28.7 Å². The van der Waals surface area contributed by atoms with Crippen LogP contribution in [0.4, 0.5) is 11.7 Å². The molecule has 1 aromatic heterocycles. The Morgan fingerprint density at radius 1 is 1.50 bits per heavy atom. The monoisotopic (exact) mass is 276 g/mol. The van der Waals surface area contributed by atoms with Gasteiger partial charge in [-0.1, -0.05) is 6.07 Å². The van der Waals surface area contributed by atoms with E-state index in [1.54, 1.807) is 11.0 Å². The van der Waals surface area contributed by atoms with E-state index in [1.807, 2.05) is 32.9 Å². The van der Waals surface area contributed by atoms with Gasteiger partial charge in [-0.2, -0.15) is 4.98 Å². The lowest BCUT2D eigenvalue weighted by molar-refractivity contribution is -0.120. The third kappa shape index (κ3) is 3.01. The van der Waals surface area contributed by atoms with Crippen molar-refractivity contribution in [1.29, 1.82) is 0 Å². The average Bonchev–Trinajstić information content (AvgIpc) is 2.80. The molecule has 0 aliphatic heterocycles. The minimum atomic E-state index is -0.0583. The highest BCUT2D eigenvalue weighted by Gasteiger charge is 2.17. The SMILES string of the molecule is CCN(CC(=O)NC(C)C)c1nc2c(N)cccc2o1. The molecule has 1 aromatic carbocycles. The highest BCUT2D eigenvalue weighted by Crippen LogP contribution is 2.25. The van der Waals surface area contributed by atoms with Crippen molar-refractivity contribution in [2.24, 2.45) is 0 Å². The second-order valence-electron chi connectivity index (χ2n) is 4.93. The van der Waals surface area contributed by atoms with Crippen LogP contribution >= 0.6 is 0 Å². The molecule has 0 aliphatic rings. The van der Waals surface area contributed by atoms with Crippen molar-refractivity contribution in [3.8, 4) is 0 Å². The molecular weight excluding hydrogens is 256 g/mol. The Bertz CT molecular complexity index is 606. The molecule has 3 N–H and O–H groups in total. The number of carbonyl (C=O) groups excluding carboxylic acids is 1. The summed E-state index contributed by atoms with van der Waals surface area (Å²) in [5.74, 6) is -0.0583. The number of nitrogen functional groups attached to an aromatic ring is 1. The smallest absolute Gasteiger partial charge is 0.298 e. The molecular formula is C14H20N4O2. The van der Waals surface area contributed by atoms with Gasteiger partial charge in [-0.3, -0.25) is 4.79 Å². The van der Waals surface area contributed by atoms with E-state index in [-0.39, 0.29) is 18.5 Å². The van der Waals surface area contributed by atoms with Gasteiger partial charge in [-0.25, -0.2) is 0 Å². The lowest BCUT2D eigenvalue weighted by atomic mass is 10.3. The number of aromatic nitrogens is 1. The molecule has 0 spiro atoms.